The Balaban J connectivity index is 1.93. The second-order valence-electron chi connectivity index (χ2n) is 5.07. The van der Waals surface area contributed by atoms with Crippen LogP contribution in [0.4, 0.5) is 5.82 Å². The fraction of sp³-hybridized carbons (Fsp3) is 0.714. The number of hydrogen-bond donors (Lipinski definition) is 1. The van der Waals surface area contributed by atoms with Crippen molar-refractivity contribution in [3.05, 3.63) is 17.8 Å². The number of piperidine rings is 1. The highest BCUT2D eigenvalue weighted by atomic mass is 16.5. The van der Waals surface area contributed by atoms with Crippen LogP contribution in [-0.4, -0.2) is 49.6 Å². The number of nitrogens with one attached hydrogen (secondary N) is 1. The van der Waals surface area contributed by atoms with E-state index >= 15 is 0 Å². The molecule has 1 aliphatic heterocycles. The Kier molecular flexibility index (Phi) is 5.54. The van der Waals surface area contributed by atoms with Gasteiger partial charge in [-0.3, -0.25) is 0 Å². The van der Waals surface area contributed by atoms with Gasteiger partial charge < -0.3 is 15.0 Å². The van der Waals surface area contributed by atoms with Crippen LogP contribution >= 0.6 is 0 Å². The van der Waals surface area contributed by atoms with Crippen molar-refractivity contribution >= 4 is 5.82 Å². The number of rotatable bonds is 6. The summed E-state index contributed by atoms with van der Waals surface area (Å²) in [5.41, 5.74) is 0.968. The first kappa shape index (κ1) is 14.2. The molecule has 0 aliphatic carbocycles. The SMILES string of the molecule is COCCNCC1CCCCN1c1ccc(C)nn1. The largest absolute Gasteiger partial charge is 0.383 e. The molecule has 1 aromatic heterocycles. The Morgan fingerprint density at radius 1 is 1.37 bits per heavy atom. The summed E-state index contributed by atoms with van der Waals surface area (Å²) in [4.78, 5) is 2.38. The Labute approximate surface area is 115 Å². The molecular formula is C14H24N4O. The fourth-order valence-electron chi connectivity index (χ4n) is 2.50. The first-order chi connectivity index (χ1) is 9.31. The maximum Gasteiger partial charge on any atom is 0.151 e. The lowest BCUT2D eigenvalue weighted by atomic mass is 10.0. The highest BCUT2D eigenvalue weighted by Crippen LogP contribution is 2.22. The molecule has 0 radical (unpaired) electrons. The first-order valence-corrected chi connectivity index (χ1v) is 7.08. The fourth-order valence-corrected chi connectivity index (χ4v) is 2.50. The zero-order valence-corrected chi connectivity index (χ0v) is 11.9. The second-order valence-corrected chi connectivity index (χ2v) is 5.07. The molecule has 0 spiro atoms. The van der Waals surface area contributed by atoms with Crippen LogP contribution in [0.25, 0.3) is 0 Å². The lowest BCUT2D eigenvalue weighted by Crippen LogP contribution is -2.46. The number of aromatic nitrogens is 2. The summed E-state index contributed by atoms with van der Waals surface area (Å²) in [5, 5.41) is 11.9. The van der Waals surface area contributed by atoms with E-state index in [1.165, 1.54) is 19.3 Å². The van der Waals surface area contributed by atoms with Gasteiger partial charge in [0.25, 0.3) is 0 Å². The van der Waals surface area contributed by atoms with E-state index in [0.29, 0.717) is 6.04 Å². The van der Waals surface area contributed by atoms with Crippen molar-refractivity contribution in [2.24, 2.45) is 0 Å². The normalized spacial score (nSPS) is 19.7. The predicted octanol–water partition coefficient (Wildman–Crippen LogP) is 1.38. The maximum atomic E-state index is 5.06. The molecule has 1 aromatic rings. The van der Waals surface area contributed by atoms with Gasteiger partial charge in [-0.15, -0.1) is 5.10 Å². The van der Waals surface area contributed by atoms with Crippen molar-refractivity contribution in [1.29, 1.82) is 0 Å². The van der Waals surface area contributed by atoms with Gasteiger partial charge in [-0.2, -0.15) is 5.10 Å². The van der Waals surface area contributed by atoms with Crippen LogP contribution in [-0.2, 0) is 4.74 Å². The third-order valence-corrected chi connectivity index (χ3v) is 3.57. The summed E-state index contributed by atoms with van der Waals surface area (Å²) in [5.74, 6) is 1.00. The third-order valence-electron chi connectivity index (χ3n) is 3.57. The lowest BCUT2D eigenvalue weighted by Gasteiger charge is -2.36. The van der Waals surface area contributed by atoms with Crippen LogP contribution in [0.5, 0.6) is 0 Å². The highest BCUT2D eigenvalue weighted by molar-refractivity contribution is 5.39. The maximum absolute atomic E-state index is 5.06. The summed E-state index contributed by atoms with van der Waals surface area (Å²) in [6, 6.07) is 4.63. The molecule has 0 saturated carbocycles. The minimum absolute atomic E-state index is 0.516. The smallest absolute Gasteiger partial charge is 0.151 e. The van der Waals surface area contributed by atoms with Crippen LogP contribution in [0.1, 0.15) is 25.0 Å². The Bertz CT molecular complexity index is 368. The second kappa shape index (κ2) is 7.40. The number of ether oxygens (including phenoxy) is 1. The van der Waals surface area contributed by atoms with Gasteiger partial charge in [-0.1, -0.05) is 0 Å². The molecule has 1 saturated heterocycles. The van der Waals surface area contributed by atoms with Crippen LogP contribution in [0.3, 0.4) is 0 Å². The zero-order valence-electron chi connectivity index (χ0n) is 11.9. The molecule has 1 atom stereocenters. The number of nitrogens with zero attached hydrogens (tertiary/aromatic N) is 3. The molecule has 5 nitrogen and oxygen atoms in total. The monoisotopic (exact) mass is 264 g/mol. The standard InChI is InChI=1S/C14H24N4O/c1-12-6-7-14(17-16-12)18-9-4-3-5-13(18)11-15-8-10-19-2/h6-7,13,15H,3-5,8-11H2,1-2H3. The van der Waals surface area contributed by atoms with Crippen LogP contribution in [0, 0.1) is 6.92 Å². The van der Waals surface area contributed by atoms with Crippen molar-refractivity contribution in [3.8, 4) is 0 Å². The Morgan fingerprint density at radius 3 is 3.00 bits per heavy atom. The molecule has 5 heteroatoms. The Morgan fingerprint density at radius 2 is 2.26 bits per heavy atom. The highest BCUT2D eigenvalue weighted by Gasteiger charge is 2.23. The lowest BCUT2D eigenvalue weighted by molar-refractivity contribution is 0.198. The van der Waals surface area contributed by atoms with Crippen molar-refractivity contribution < 1.29 is 4.74 Å². The average molecular weight is 264 g/mol. The van der Waals surface area contributed by atoms with E-state index in [1.807, 2.05) is 13.0 Å². The summed E-state index contributed by atoms with van der Waals surface area (Å²) in [6.45, 7) is 5.70. The molecule has 2 heterocycles. The van der Waals surface area contributed by atoms with Gasteiger partial charge in [-0.25, -0.2) is 0 Å². The van der Waals surface area contributed by atoms with Crippen LogP contribution < -0.4 is 10.2 Å². The van der Waals surface area contributed by atoms with Gasteiger partial charge in [-0.05, 0) is 38.3 Å². The summed E-state index contributed by atoms with van der Waals surface area (Å²) in [6.07, 6.45) is 3.76. The van der Waals surface area contributed by atoms with Crippen molar-refractivity contribution in [1.82, 2.24) is 15.5 Å². The number of aryl methyl sites for hydroxylation is 1. The molecular weight excluding hydrogens is 240 g/mol. The van der Waals surface area contributed by atoms with E-state index in [4.69, 9.17) is 4.74 Å². The van der Waals surface area contributed by atoms with Gasteiger partial charge in [0, 0.05) is 32.8 Å². The number of hydrogen-bond acceptors (Lipinski definition) is 5. The molecule has 106 valence electrons. The molecule has 0 amide bonds. The average Bonchev–Trinajstić information content (AvgIpc) is 2.45. The van der Waals surface area contributed by atoms with E-state index in [0.717, 1.165) is 37.8 Å². The van der Waals surface area contributed by atoms with Crippen molar-refractivity contribution in [2.75, 3.05) is 38.3 Å². The molecule has 1 unspecified atom stereocenters. The topological polar surface area (TPSA) is 50.3 Å². The minimum Gasteiger partial charge on any atom is -0.383 e. The predicted molar refractivity (Wildman–Crippen MR) is 76.5 cm³/mol. The molecule has 1 aliphatic rings. The minimum atomic E-state index is 0.516. The molecule has 0 aromatic carbocycles. The van der Waals surface area contributed by atoms with Crippen LogP contribution in [0.15, 0.2) is 12.1 Å². The van der Waals surface area contributed by atoms with E-state index in [9.17, 15) is 0 Å². The van der Waals surface area contributed by atoms with Gasteiger partial charge in [0.2, 0.25) is 0 Å². The zero-order chi connectivity index (χ0) is 13.5. The van der Waals surface area contributed by atoms with Crippen LogP contribution in [0.2, 0.25) is 0 Å². The van der Waals surface area contributed by atoms with Crippen molar-refractivity contribution in [2.45, 2.75) is 32.2 Å². The van der Waals surface area contributed by atoms with E-state index < -0.39 is 0 Å². The first-order valence-electron chi connectivity index (χ1n) is 7.08. The molecule has 19 heavy (non-hydrogen) atoms. The summed E-state index contributed by atoms with van der Waals surface area (Å²) in [7, 11) is 1.73. The molecule has 1 fully saturated rings. The Hall–Kier alpha value is -1.20. The van der Waals surface area contributed by atoms with Gasteiger partial charge in [0.1, 0.15) is 0 Å². The third kappa shape index (κ3) is 4.14. The van der Waals surface area contributed by atoms with Crippen molar-refractivity contribution in [3.63, 3.8) is 0 Å². The van der Waals surface area contributed by atoms with E-state index in [1.54, 1.807) is 7.11 Å². The molecule has 1 N–H and O–H groups in total. The van der Waals surface area contributed by atoms with Gasteiger partial charge in [0.15, 0.2) is 5.82 Å². The van der Waals surface area contributed by atoms with Gasteiger partial charge >= 0.3 is 0 Å². The molecule has 0 bridgehead atoms. The summed E-state index contributed by atoms with van der Waals surface area (Å²) < 4.78 is 5.06. The number of anilines is 1. The summed E-state index contributed by atoms with van der Waals surface area (Å²) >= 11 is 0. The quantitative estimate of drug-likeness (QED) is 0.787. The van der Waals surface area contributed by atoms with Gasteiger partial charge in [0.05, 0.1) is 12.3 Å². The van der Waals surface area contributed by atoms with E-state index in [2.05, 4.69) is 26.5 Å². The van der Waals surface area contributed by atoms with E-state index in [-0.39, 0.29) is 0 Å². The number of methoxy groups -OCH3 is 1. The molecule has 2 rings (SSSR count).